The standard InChI is InChI=1S/C18H14ClN/c1-13-8-9-16(14-5-4-6-15(19)12-14)17(11-13)18-7-2-3-10-20-18/h2-12H,1H3. The highest BCUT2D eigenvalue weighted by Gasteiger charge is 2.08. The molecule has 0 atom stereocenters. The summed E-state index contributed by atoms with van der Waals surface area (Å²) in [6.45, 7) is 2.09. The Hall–Kier alpha value is -2.12. The molecule has 1 heterocycles. The summed E-state index contributed by atoms with van der Waals surface area (Å²) >= 11 is 6.11. The molecule has 20 heavy (non-hydrogen) atoms. The predicted molar refractivity (Wildman–Crippen MR) is 84.9 cm³/mol. The summed E-state index contributed by atoms with van der Waals surface area (Å²) in [4.78, 5) is 4.47. The van der Waals surface area contributed by atoms with E-state index in [1.165, 1.54) is 5.56 Å². The van der Waals surface area contributed by atoms with E-state index >= 15 is 0 Å². The number of aromatic nitrogens is 1. The Morgan fingerprint density at radius 2 is 1.75 bits per heavy atom. The highest BCUT2D eigenvalue weighted by Crippen LogP contribution is 2.32. The highest BCUT2D eigenvalue weighted by atomic mass is 35.5. The Kier molecular flexibility index (Phi) is 3.53. The molecule has 0 bridgehead atoms. The molecule has 3 rings (SSSR count). The predicted octanol–water partition coefficient (Wildman–Crippen LogP) is 5.38. The van der Waals surface area contributed by atoms with Gasteiger partial charge in [-0.15, -0.1) is 0 Å². The van der Waals surface area contributed by atoms with Crippen LogP contribution in [0.1, 0.15) is 5.56 Å². The van der Waals surface area contributed by atoms with E-state index < -0.39 is 0 Å². The van der Waals surface area contributed by atoms with Gasteiger partial charge in [0, 0.05) is 16.8 Å². The number of halogens is 1. The van der Waals surface area contributed by atoms with E-state index in [9.17, 15) is 0 Å². The lowest BCUT2D eigenvalue weighted by Gasteiger charge is -2.11. The molecule has 0 aliphatic rings. The average Bonchev–Trinajstić information content (AvgIpc) is 2.48. The Morgan fingerprint density at radius 3 is 2.50 bits per heavy atom. The Bertz CT molecular complexity index is 735. The Balaban J connectivity index is 2.22. The zero-order valence-corrected chi connectivity index (χ0v) is 11.9. The van der Waals surface area contributed by atoms with Crippen LogP contribution in [0.4, 0.5) is 0 Å². The van der Waals surface area contributed by atoms with Crippen molar-refractivity contribution in [1.29, 1.82) is 0 Å². The number of hydrogen-bond donors (Lipinski definition) is 0. The van der Waals surface area contributed by atoms with E-state index in [1.807, 2.05) is 42.6 Å². The highest BCUT2D eigenvalue weighted by molar-refractivity contribution is 6.30. The van der Waals surface area contributed by atoms with Gasteiger partial charge in [0.15, 0.2) is 0 Å². The number of nitrogens with zero attached hydrogens (tertiary/aromatic N) is 1. The summed E-state index contributed by atoms with van der Waals surface area (Å²) < 4.78 is 0. The third kappa shape index (κ3) is 2.59. The largest absolute Gasteiger partial charge is 0.256 e. The van der Waals surface area contributed by atoms with Crippen LogP contribution < -0.4 is 0 Å². The summed E-state index contributed by atoms with van der Waals surface area (Å²) in [6.07, 6.45) is 1.82. The topological polar surface area (TPSA) is 12.9 Å². The lowest BCUT2D eigenvalue weighted by atomic mass is 9.95. The number of benzene rings is 2. The molecule has 0 aliphatic carbocycles. The molecule has 0 saturated heterocycles. The molecule has 3 aromatic rings. The van der Waals surface area contributed by atoms with Crippen molar-refractivity contribution in [2.45, 2.75) is 6.92 Å². The second kappa shape index (κ2) is 5.48. The molecule has 98 valence electrons. The molecular weight excluding hydrogens is 266 g/mol. The van der Waals surface area contributed by atoms with Crippen LogP contribution in [-0.2, 0) is 0 Å². The van der Waals surface area contributed by atoms with Gasteiger partial charge in [-0.2, -0.15) is 0 Å². The molecule has 1 nitrogen and oxygen atoms in total. The first kappa shape index (κ1) is 12.9. The normalized spacial score (nSPS) is 10.5. The van der Waals surface area contributed by atoms with Crippen molar-refractivity contribution in [3.8, 4) is 22.4 Å². The molecule has 2 aromatic carbocycles. The Labute approximate surface area is 123 Å². The van der Waals surface area contributed by atoms with Crippen LogP contribution in [0.5, 0.6) is 0 Å². The van der Waals surface area contributed by atoms with Crippen LogP contribution >= 0.6 is 11.6 Å². The second-order valence-electron chi connectivity index (χ2n) is 4.77. The third-order valence-corrected chi connectivity index (χ3v) is 3.49. The van der Waals surface area contributed by atoms with Crippen LogP contribution in [0.25, 0.3) is 22.4 Å². The van der Waals surface area contributed by atoms with Gasteiger partial charge in [-0.3, -0.25) is 4.98 Å². The summed E-state index contributed by atoms with van der Waals surface area (Å²) in [5.41, 5.74) is 5.59. The van der Waals surface area contributed by atoms with Gasteiger partial charge < -0.3 is 0 Å². The smallest absolute Gasteiger partial charge is 0.0708 e. The summed E-state index contributed by atoms with van der Waals surface area (Å²) in [5.74, 6) is 0. The third-order valence-electron chi connectivity index (χ3n) is 3.25. The van der Waals surface area contributed by atoms with Crippen LogP contribution in [0.3, 0.4) is 0 Å². The van der Waals surface area contributed by atoms with Crippen molar-refractivity contribution >= 4 is 11.6 Å². The zero-order chi connectivity index (χ0) is 13.9. The molecule has 2 heteroatoms. The maximum absolute atomic E-state index is 6.11. The first-order chi connectivity index (χ1) is 9.74. The SMILES string of the molecule is Cc1ccc(-c2cccc(Cl)c2)c(-c2ccccn2)c1. The van der Waals surface area contributed by atoms with Gasteiger partial charge in [0.25, 0.3) is 0 Å². The van der Waals surface area contributed by atoms with E-state index in [2.05, 4.69) is 36.2 Å². The molecule has 0 unspecified atom stereocenters. The molecule has 0 radical (unpaired) electrons. The van der Waals surface area contributed by atoms with Gasteiger partial charge in [-0.05, 0) is 48.4 Å². The zero-order valence-electron chi connectivity index (χ0n) is 11.2. The van der Waals surface area contributed by atoms with Gasteiger partial charge in [-0.25, -0.2) is 0 Å². The molecule has 0 amide bonds. The van der Waals surface area contributed by atoms with Gasteiger partial charge >= 0.3 is 0 Å². The maximum atomic E-state index is 6.11. The fraction of sp³-hybridized carbons (Fsp3) is 0.0556. The van der Waals surface area contributed by atoms with Crippen molar-refractivity contribution in [2.24, 2.45) is 0 Å². The summed E-state index contributed by atoms with van der Waals surface area (Å²) in [6, 6.07) is 20.3. The fourth-order valence-corrected chi connectivity index (χ4v) is 2.49. The van der Waals surface area contributed by atoms with Gasteiger partial charge in [-0.1, -0.05) is 47.5 Å². The van der Waals surface area contributed by atoms with Crippen LogP contribution in [0.15, 0.2) is 66.9 Å². The average molecular weight is 280 g/mol. The molecule has 1 aromatic heterocycles. The monoisotopic (exact) mass is 279 g/mol. The summed E-state index contributed by atoms with van der Waals surface area (Å²) in [5, 5.41) is 0.745. The minimum absolute atomic E-state index is 0.745. The fourth-order valence-electron chi connectivity index (χ4n) is 2.30. The van der Waals surface area contributed by atoms with Gasteiger partial charge in [0.2, 0.25) is 0 Å². The van der Waals surface area contributed by atoms with Gasteiger partial charge in [0.1, 0.15) is 0 Å². The van der Waals surface area contributed by atoms with Crippen molar-refractivity contribution in [3.63, 3.8) is 0 Å². The molecule has 0 saturated carbocycles. The van der Waals surface area contributed by atoms with E-state index in [0.29, 0.717) is 0 Å². The quantitative estimate of drug-likeness (QED) is 0.614. The molecule has 0 fully saturated rings. The van der Waals surface area contributed by atoms with Crippen LogP contribution in [-0.4, -0.2) is 4.98 Å². The Morgan fingerprint density at radius 1 is 0.850 bits per heavy atom. The van der Waals surface area contributed by atoms with E-state index in [0.717, 1.165) is 27.4 Å². The second-order valence-corrected chi connectivity index (χ2v) is 5.21. The lowest BCUT2D eigenvalue weighted by molar-refractivity contribution is 1.32. The molecule has 0 spiro atoms. The van der Waals surface area contributed by atoms with Crippen molar-refractivity contribution in [3.05, 3.63) is 77.4 Å². The molecule has 0 N–H and O–H groups in total. The van der Waals surface area contributed by atoms with Crippen molar-refractivity contribution < 1.29 is 0 Å². The number of pyridine rings is 1. The van der Waals surface area contributed by atoms with E-state index in [-0.39, 0.29) is 0 Å². The minimum Gasteiger partial charge on any atom is -0.256 e. The van der Waals surface area contributed by atoms with Crippen LogP contribution in [0.2, 0.25) is 5.02 Å². The number of rotatable bonds is 2. The van der Waals surface area contributed by atoms with E-state index in [4.69, 9.17) is 11.6 Å². The minimum atomic E-state index is 0.745. The number of hydrogen-bond acceptors (Lipinski definition) is 1. The number of aryl methyl sites for hydroxylation is 1. The van der Waals surface area contributed by atoms with Crippen molar-refractivity contribution in [1.82, 2.24) is 4.98 Å². The first-order valence-corrected chi connectivity index (χ1v) is 6.90. The van der Waals surface area contributed by atoms with Crippen LogP contribution in [0, 0.1) is 6.92 Å². The van der Waals surface area contributed by atoms with Gasteiger partial charge in [0.05, 0.1) is 5.69 Å². The first-order valence-electron chi connectivity index (χ1n) is 6.52. The summed E-state index contributed by atoms with van der Waals surface area (Å²) in [7, 11) is 0. The lowest BCUT2D eigenvalue weighted by Crippen LogP contribution is -1.89. The maximum Gasteiger partial charge on any atom is 0.0708 e. The van der Waals surface area contributed by atoms with E-state index in [1.54, 1.807) is 0 Å². The molecule has 0 aliphatic heterocycles. The molecular formula is C18H14ClN. The van der Waals surface area contributed by atoms with Crippen molar-refractivity contribution in [2.75, 3.05) is 0 Å².